The first-order valence-corrected chi connectivity index (χ1v) is 11.6. The molecule has 7 heteroatoms. The Balaban J connectivity index is 1.26. The fourth-order valence-corrected chi connectivity index (χ4v) is 6.45. The van der Waals surface area contributed by atoms with Gasteiger partial charge in [-0.3, -0.25) is 9.69 Å². The number of nitrogens with zero attached hydrogens (tertiary/aromatic N) is 2. The van der Waals surface area contributed by atoms with E-state index in [0.717, 1.165) is 29.2 Å². The molecule has 1 amide bonds. The Bertz CT molecular complexity index is 1080. The van der Waals surface area contributed by atoms with Gasteiger partial charge in [0.25, 0.3) is 0 Å². The van der Waals surface area contributed by atoms with Crippen LogP contribution in [0.5, 0.6) is 0 Å². The van der Waals surface area contributed by atoms with Crippen molar-refractivity contribution < 1.29 is 9.18 Å². The van der Waals surface area contributed by atoms with Crippen molar-refractivity contribution in [1.82, 2.24) is 10.2 Å². The highest BCUT2D eigenvalue weighted by Gasteiger charge is 2.69. The lowest BCUT2D eigenvalue weighted by atomic mass is 9.94. The molecule has 2 saturated carbocycles. The van der Waals surface area contributed by atoms with E-state index >= 15 is 0 Å². The minimum atomic E-state index is -0.761. The van der Waals surface area contributed by atoms with Crippen molar-refractivity contribution in [2.24, 2.45) is 23.7 Å². The van der Waals surface area contributed by atoms with E-state index in [1.807, 2.05) is 37.4 Å². The predicted octanol–water partition coefficient (Wildman–Crippen LogP) is 3.88. The molecular weight excluding hydrogens is 423 g/mol. The zero-order valence-electron chi connectivity index (χ0n) is 18.1. The topological polar surface area (TPSA) is 68.2 Å². The summed E-state index contributed by atoms with van der Waals surface area (Å²) in [6, 6.07) is 14.2. The summed E-state index contributed by atoms with van der Waals surface area (Å²) in [5, 5.41) is 12.5. The number of likely N-dealkylation sites (N-methyl/N-ethyl adjacent to an activating group) is 1. The van der Waals surface area contributed by atoms with Gasteiger partial charge in [-0.25, -0.2) is 4.39 Å². The molecule has 2 N–H and O–H groups in total. The summed E-state index contributed by atoms with van der Waals surface area (Å²) >= 11 is 4.01. The summed E-state index contributed by atoms with van der Waals surface area (Å²) < 4.78 is 17.6. The number of carbonyl (C=O) groups is 1. The molecule has 2 bridgehead atoms. The SMILES string of the molecule is C[C@H]1C2C3CC(C21)N(C)C3C(=O)N[C@H](C#N)Cc1ccc(-c2ccc(NS)cc2)cc1F. The van der Waals surface area contributed by atoms with Crippen molar-refractivity contribution in [2.45, 2.75) is 37.9 Å². The summed E-state index contributed by atoms with van der Waals surface area (Å²) in [6.07, 6.45) is 1.22. The summed E-state index contributed by atoms with van der Waals surface area (Å²) in [4.78, 5) is 15.2. The van der Waals surface area contributed by atoms with Crippen molar-refractivity contribution in [1.29, 1.82) is 5.26 Å². The van der Waals surface area contributed by atoms with Crippen LogP contribution >= 0.6 is 12.8 Å². The van der Waals surface area contributed by atoms with Gasteiger partial charge in [0.1, 0.15) is 11.9 Å². The number of piperidine rings is 1. The van der Waals surface area contributed by atoms with Crippen molar-refractivity contribution in [3.63, 3.8) is 0 Å². The number of benzene rings is 2. The third-order valence-electron chi connectivity index (χ3n) is 7.90. The quantitative estimate of drug-likeness (QED) is 0.584. The minimum Gasteiger partial charge on any atom is -0.339 e. The summed E-state index contributed by atoms with van der Waals surface area (Å²) in [5.74, 6) is 1.99. The summed E-state index contributed by atoms with van der Waals surface area (Å²) in [5.41, 5.74) is 2.92. The van der Waals surface area contributed by atoms with Crippen LogP contribution in [0.25, 0.3) is 11.1 Å². The van der Waals surface area contributed by atoms with Crippen LogP contribution in [0.3, 0.4) is 0 Å². The van der Waals surface area contributed by atoms with Gasteiger partial charge in [0.15, 0.2) is 0 Å². The number of hydrogen-bond acceptors (Lipinski definition) is 5. The van der Waals surface area contributed by atoms with Gasteiger partial charge in [-0.05, 0) is 72.0 Å². The number of thiol groups is 1. The van der Waals surface area contributed by atoms with Gasteiger partial charge >= 0.3 is 0 Å². The molecule has 1 heterocycles. The Labute approximate surface area is 193 Å². The highest BCUT2D eigenvalue weighted by molar-refractivity contribution is 7.81. The molecule has 166 valence electrons. The van der Waals surface area contributed by atoms with Crippen LogP contribution in [0, 0.1) is 40.8 Å². The van der Waals surface area contributed by atoms with Crippen LogP contribution in [-0.4, -0.2) is 36.0 Å². The average Bonchev–Trinajstić information content (AvgIpc) is 3.15. The van der Waals surface area contributed by atoms with Gasteiger partial charge in [-0.1, -0.05) is 44.0 Å². The number of fused-ring (bicyclic) bond motifs is 5. The largest absolute Gasteiger partial charge is 0.339 e. The molecule has 7 atom stereocenters. The number of likely N-dealkylation sites (tertiary alicyclic amines) is 1. The molecule has 5 nitrogen and oxygen atoms in total. The molecule has 2 aliphatic carbocycles. The highest BCUT2D eigenvalue weighted by Crippen LogP contribution is 2.66. The number of carbonyl (C=O) groups excluding carboxylic acids is 1. The van der Waals surface area contributed by atoms with Gasteiger partial charge in [-0.2, -0.15) is 5.26 Å². The first kappa shape index (κ1) is 21.3. The molecule has 3 aliphatic rings. The van der Waals surface area contributed by atoms with Crippen molar-refractivity contribution in [2.75, 3.05) is 11.8 Å². The Morgan fingerprint density at radius 3 is 2.62 bits per heavy atom. The fourth-order valence-electron chi connectivity index (χ4n) is 6.30. The van der Waals surface area contributed by atoms with E-state index in [9.17, 15) is 14.4 Å². The van der Waals surface area contributed by atoms with E-state index in [4.69, 9.17) is 0 Å². The molecule has 3 fully saturated rings. The second-order valence-electron chi connectivity index (χ2n) is 9.48. The number of hydrogen-bond donors (Lipinski definition) is 3. The lowest BCUT2D eigenvalue weighted by Gasteiger charge is -2.31. The molecule has 1 saturated heterocycles. The van der Waals surface area contributed by atoms with E-state index < -0.39 is 6.04 Å². The third-order valence-corrected chi connectivity index (χ3v) is 8.16. The minimum absolute atomic E-state index is 0.0981. The second-order valence-corrected chi connectivity index (χ2v) is 9.70. The van der Waals surface area contributed by atoms with Gasteiger partial charge < -0.3 is 10.0 Å². The summed E-state index contributed by atoms with van der Waals surface area (Å²) in [7, 11) is 2.02. The normalized spacial score (nSPS) is 31.0. The maximum Gasteiger partial charge on any atom is 0.238 e. The first-order chi connectivity index (χ1) is 15.4. The van der Waals surface area contributed by atoms with E-state index in [2.05, 4.69) is 40.7 Å². The predicted molar refractivity (Wildman–Crippen MR) is 125 cm³/mol. The smallest absolute Gasteiger partial charge is 0.238 e. The zero-order valence-corrected chi connectivity index (χ0v) is 19.0. The summed E-state index contributed by atoms with van der Waals surface area (Å²) in [6.45, 7) is 2.28. The first-order valence-electron chi connectivity index (χ1n) is 11.1. The van der Waals surface area contributed by atoms with Crippen molar-refractivity contribution in [3.8, 4) is 17.2 Å². The van der Waals surface area contributed by atoms with Crippen LogP contribution in [-0.2, 0) is 11.2 Å². The lowest BCUT2D eigenvalue weighted by molar-refractivity contribution is -0.127. The Morgan fingerprint density at radius 1 is 1.25 bits per heavy atom. The van der Waals surface area contributed by atoms with Crippen LogP contribution in [0.1, 0.15) is 18.9 Å². The van der Waals surface area contributed by atoms with E-state index in [1.165, 1.54) is 6.07 Å². The number of nitrogens with one attached hydrogen (secondary N) is 2. The monoisotopic (exact) mass is 450 g/mol. The molecule has 5 rings (SSSR count). The number of anilines is 1. The van der Waals surface area contributed by atoms with Crippen molar-refractivity contribution in [3.05, 3.63) is 53.8 Å². The van der Waals surface area contributed by atoms with Crippen LogP contribution in [0.4, 0.5) is 10.1 Å². The maximum atomic E-state index is 14.8. The van der Waals surface area contributed by atoms with Gasteiger partial charge in [0, 0.05) is 18.2 Å². The Kier molecular flexibility index (Phi) is 5.39. The van der Waals surface area contributed by atoms with Crippen LogP contribution in [0.2, 0.25) is 0 Å². The Morgan fingerprint density at radius 2 is 1.97 bits per heavy atom. The Hall–Kier alpha value is -2.56. The second kappa shape index (κ2) is 8.09. The lowest BCUT2D eigenvalue weighted by Crippen LogP contribution is -2.51. The average molecular weight is 451 g/mol. The van der Waals surface area contributed by atoms with Crippen LogP contribution < -0.4 is 10.0 Å². The van der Waals surface area contributed by atoms with Gasteiger partial charge in [0.05, 0.1) is 12.1 Å². The zero-order chi connectivity index (χ0) is 22.6. The molecule has 2 aromatic carbocycles. The van der Waals surface area contributed by atoms with Crippen molar-refractivity contribution >= 4 is 24.4 Å². The number of amides is 1. The molecule has 1 aliphatic heterocycles. The molecule has 32 heavy (non-hydrogen) atoms. The molecule has 0 spiro atoms. The number of halogens is 1. The number of rotatable bonds is 6. The molecule has 0 aromatic heterocycles. The van der Waals surface area contributed by atoms with Crippen LogP contribution in [0.15, 0.2) is 42.5 Å². The van der Waals surface area contributed by atoms with E-state index in [1.54, 1.807) is 6.07 Å². The van der Waals surface area contributed by atoms with E-state index in [-0.39, 0.29) is 24.2 Å². The molecule has 2 aromatic rings. The molecular formula is C25H27FN4OS. The molecule has 5 unspecified atom stereocenters. The fraction of sp³-hybridized carbons (Fsp3) is 0.440. The van der Waals surface area contributed by atoms with Gasteiger partial charge in [0.2, 0.25) is 5.91 Å². The standard InChI is InChI=1S/C25H27FN4OS/c1-13-22-19-11-21(23(13)22)30(2)24(19)25(31)28-18(12-27)9-16-4-3-15(10-20(16)26)14-5-7-17(29-32)8-6-14/h3-8,10,13,18-19,21-24,29,32H,9,11H2,1-2H3,(H,28,31)/t13-,18-,19?,21?,22?,23?,24?/m0/s1. The van der Waals surface area contributed by atoms with Gasteiger partial charge in [-0.15, -0.1) is 0 Å². The number of nitriles is 1. The maximum absolute atomic E-state index is 14.8. The highest BCUT2D eigenvalue weighted by atomic mass is 32.1. The van der Waals surface area contributed by atoms with E-state index in [0.29, 0.717) is 29.4 Å². The third kappa shape index (κ3) is 3.46. The molecule has 0 radical (unpaired) electrons.